The number of nitrogens with one attached hydrogen (secondary N) is 3. The van der Waals surface area contributed by atoms with Gasteiger partial charge in [0.25, 0.3) is 0 Å². The average Bonchev–Trinajstić information content (AvgIpc) is 2.83. The number of aromatic nitrogens is 1. The maximum absolute atomic E-state index is 11.8. The number of H-pyrrole nitrogens is 1. The molecule has 0 saturated carbocycles. The Morgan fingerprint density at radius 1 is 1.36 bits per heavy atom. The van der Waals surface area contributed by atoms with Gasteiger partial charge in [-0.25, -0.2) is 4.79 Å². The smallest absolute Gasteiger partial charge is 0.408 e. The van der Waals surface area contributed by atoms with E-state index in [2.05, 4.69) is 15.6 Å². The number of aromatic amines is 1. The molecule has 1 aromatic carbocycles. The number of hydrogen-bond acceptors (Lipinski definition) is 5. The van der Waals surface area contributed by atoms with Gasteiger partial charge in [-0.3, -0.25) is 14.6 Å². The van der Waals surface area contributed by atoms with Crippen molar-refractivity contribution in [1.29, 1.82) is 0 Å². The topological polar surface area (TPSA) is 130 Å². The second kappa shape index (κ2) is 6.44. The monoisotopic (exact) mass is 306 g/mol. The molecule has 2 amide bonds. The number of carbonyl (C=O) groups excluding carboxylic acids is 2. The molecule has 0 unspecified atom stereocenters. The Morgan fingerprint density at radius 3 is 2.77 bits per heavy atom. The van der Waals surface area contributed by atoms with E-state index in [1.807, 2.05) is 13.8 Å². The number of anilines is 1. The number of fused-ring (bicyclic) bond motifs is 1. The van der Waals surface area contributed by atoms with Crippen LogP contribution in [-0.2, 0) is 9.59 Å². The second-order valence-electron chi connectivity index (χ2n) is 5.26. The third-order valence-corrected chi connectivity index (χ3v) is 3.15. The molecule has 0 aliphatic rings. The predicted molar refractivity (Wildman–Crippen MR) is 81.3 cm³/mol. The highest BCUT2D eigenvalue weighted by atomic mass is 16.4. The maximum atomic E-state index is 11.8. The summed E-state index contributed by atoms with van der Waals surface area (Å²) in [5, 5.41) is 5.08. The van der Waals surface area contributed by atoms with Crippen LogP contribution in [0.2, 0.25) is 0 Å². The second-order valence-corrected chi connectivity index (χ2v) is 5.26. The van der Waals surface area contributed by atoms with Crippen LogP contribution in [0.3, 0.4) is 0 Å². The first-order valence-electron chi connectivity index (χ1n) is 6.83. The number of benzene rings is 1. The van der Waals surface area contributed by atoms with E-state index in [9.17, 15) is 14.4 Å². The summed E-state index contributed by atoms with van der Waals surface area (Å²) >= 11 is 0. The quantitative estimate of drug-likeness (QED) is 0.625. The van der Waals surface area contributed by atoms with Crippen molar-refractivity contribution in [3.05, 3.63) is 28.7 Å². The van der Waals surface area contributed by atoms with Crippen LogP contribution in [0, 0.1) is 5.92 Å². The predicted octanol–water partition coefficient (Wildman–Crippen LogP) is 0.159. The third-order valence-electron chi connectivity index (χ3n) is 3.15. The Labute approximate surface area is 126 Å². The van der Waals surface area contributed by atoms with E-state index in [4.69, 9.17) is 10.2 Å². The Kier molecular flexibility index (Phi) is 4.62. The molecule has 1 heterocycles. The van der Waals surface area contributed by atoms with Crippen LogP contribution in [0.4, 0.5) is 5.69 Å². The zero-order valence-corrected chi connectivity index (χ0v) is 12.3. The zero-order chi connectivity index (χ0) is 16.3. The van der Waals surface area contributed by atoms with E-state index in [1.165, 1.54) is 0 Å². The van der Waals surface area contributed by atoms with Gasteiger partial charge in [0.05, 0.1) is 18.1 Å². The molecule has 0 fully saturated rings. The van der Waals surface area contributed by atoms with Crippen molar-refractivity contribution < 1.29 is 14.0 Å². The van der Waals surface area contributed by atoms with Crippen LogP contribution in [0.5, 0.6) is 0 Å². The van der Waals surface area contributed by atoms with Crippen LogP contribution in [-0.4, -0.2) is 29.4 Å². The average molecular weight is 306 g/mol. The third kappa shape index (κ3) is 3.73. The first-order valence-corrected chi connectivity index (χ1v) is 6.83. The minimum atomic E-state index is -0.653. The molecule has 118 valence electrons. The fourth-order valence-electron chi connectivity index (χ4n) is 1.82. The van der Waals surface area contributed by atoms with Gasteiger partial charge in [-0.2, -0.15) is 0 Å². The minimum absolute atomic E-state index is 0.0108. The number of carbonyl (C=O) groups is 2. The van der Waals surface area contributed by atoms with Crippen molar-refractivity contribution in [1.82, 2.24) is 10.3 Å². The Bertz CT molecular complexity index is 747. The first-order chi connectivity index (χ1) is 10.4. The van der Waals surface area contributed by atoms with E-state index in [0.717, 1.165) is 0 Å². The molecule has 0 aliphatic carbocycles. The largest absolute Gasteiger partial charge is 0.417 e. The standard InChI is InChI=1S/C14H18N4O4/c1-7(2)12(15)13(20)16-6-11(19)17-8-3-4-10-9(5-8)18-14(21)22-10/h3-5,7,12H,6,15H2,1-2H3,(H,16,20)(H,17,19)(H,18,21)/t12-/m0/s1. The molecule has 0 spiro atoms. The van der Waals surface area contributed by atoms with Crippen LogP contribution in [0.15, 0.2) is 27.4 Å². The van der Waals surface area contributed by atoms with Crippen LogP contribution < -0.4 is 22.1 Å². The highest BCUT2D eigenvalue weighted by Gasteiger charge is 2.17. The van der Waals surface area contributed by atoms with E-state index in [-0.39, 0.29) is 18.4 Å². The lowest BCUT2D eigenvalue weighted by Gasteiger charge is -2.15. The molecule has 1 atom stereocenters. The van der Waals surface area contributed by atoms with E-state index in [0.29, 0.717) is 16.8 Å². The fourth-order valence-corrected chi connectivity index (χ4v) is 1.82. The molecule has 0 aliphatic heterocycles. The fraction of sp³-hybridized carbons (Fsp3) is 0.357. The van der Waals surface area contributed by atoms with Crippen LogP contribution >= 0.6 is 0 Å². The molecule has 0 saturated heterocycles. The molecule has 5 N–H and O–H groups in total. The van der Waals surface area contributed by atoms with Crippen LogP contribution in [0.1, 0.15) is 13.8 Å². The number of amides is 2. The van der Waals surface area contributed by atoms with Gasteiger partial charge in [-0.05, 0) is 24.1 Å². The van der Waals surface area contributed by atoms with Crippen molar-refractivity contribution >= 4 is 28.6 Å². The van der Waals surface area contributed by atoms with Gasteiger partial charge in [-0.1, -0.05) is 13.8 Å². The summed E-state index contributed by atoms with van der Waals surface area (Å²) in [7, 11) is 0. The number of hydrogen-bond donors (Lipinski definition) is 4. The van der Waals surface area contributed by atoms with Gasteiger partial charge in [0.2, 0.25) is 11.8 Å². The molecule has 8 nitrogen and oxygen atoms in total. The highest BCUT2D eigenvalue weighted by Crippen LogP contribution is 2.15. The normalized spacial score (nSPS) is 12.4. The van der Waals surface area contributed by atoms with Crippen molar-refractivity contribution in [2.24, 2.45) is 11.7 Å². The number of nitrogens with two attached hydrogens (primary N) is 1. The summed E-state index contributed by atoms with van der Waals surface area (Å²) in [6, 6.07) is 4.08. The molecule has 0 radical (unpaired) electrons. The molecule has 2 rings (SSSR count). The zero-order valence-electron chi connectivity index (χ0n) is 12.3. The van der Waals surface area contributed by atoms with Crippen molar-refractivity contribution in [2.75, 3.05) is 11.9 Å². The lowest BCUT2D eigenvalue weighted by molar-refractivity contribution is -0.125. The number of oxazole rings is 1. The molecule has 8 heteroatoms. The first kappa shape index (κ1) is 15.8. The summed E-state index contributed by atoms with van der Waals surface area (Å²) in [4.78, 5) is 37.0. The van der Waals surface area contributed by atoms with Crippen molar-refractivity contribution in [3.8, 4) is 0 Å². The number of rotatable bonds is 5. The van der Waals surface area contributed by atoms with Crippen molar-refractivity contribution in [3.63, 3.8) is 0 Å². The summed E-state index contributed by atoms with van der Waals surface area (Å²) in [6.07, 6.45) is 0. The summed E-state index contributed by atoms with van der Waals surface area (Å²) in [6.45, 7) is 3.47. The SMILES string of the molecule is CC(C)[C@H](N)C(=O)NCC(=O)Nc1ccc2oc(=O)[nH]c2c1. The Balaban J connectivity index is 1.93. The highest BCUT2D eigenvalue weighted by molar-refractivity contribution is 5.96. The van der Waals surface area contributed by atoms with Crippen molar-refractivity contribution in [2.45, 2.75) is 19.9 Å². The van der Waals surface area contributed by atoms with Crippen LogP contribution in [0.25, 0.3) is 11.1 Å². The summed E-state index contributed by atoms with van der Waals surface area (Å²) in [5.41, 5.74) is 7.04. The molecule has 1 aromatic heterocycles. The maximum Gasteiger partial charge on any atom is 0.417 e. The molecule has 0 bridgehead atoms. The lowest BCUT2D eigenvalue weighted by atomic mass is 10.1. The minimum Gasteiger partial charge on any atom is -0.408 e. The van der Waals surface area contributed by atoms with Gasteiger partial charge in [-0.15, -0.1) is 0 Å². The Morgan fingerprint density at radius 2 is 2.09 bits per heavy atom. The van der Waals surface area contributed by atoms with E-state index >= 15 is 0 Å². The molecule has 2 aromatic rings. The van der Waals surface area contributed by atoms with Gasteiger partial charge < -0.3 is 20.8 Å². The molecular formula is C14H18N4O4. The van der Waals surface area contributed by atoms with Gasteiger partial charge in [0, 0.05) is 5.69 Å². The van der Waals surface area contributed by atoms with Gasteiger partial charge in [0.15, 0.2) is 5.58 Å². The van der Waals surface area contributed by atoms with Gasteiger partial charge in [0.1, 0.15) is 0 Å². The van der Waals surface area contributed by atoms with Gasteiger partial charge >= 0.3 is 5.76 Å². The molecule has 22 heavy (non-hydrogen) atoms. The lowest BCUT2D eigenvalue weighted by Crippen LogP contribution is -2.46. The Hall–Kier alpha value is -2.61. The molecular weight excluding hydrogens is 288 g/mol. The van der Waals surface area contributed by atoms with E-state index in [1.54, 1.807) is 18.2 Å². The summed E-state index contributed by atoms with van der Waals surface area (Å²) < 4.78 is 4.86. The van der Waals surface area contributed by atoms with E-state index < -0.39 is 17.7 Å². The summed E-state index contributed by atoms with van der Waals surface area (Å²) in [5.74, 6) is -1.34.